The smallest absolute Gasteiger partial charge is 0.313 e. The first kappa shape index (κ1) is 17.0. The number of hydrogen-bond donors (Lipinski definition) is 3. The van der Waals surface area contributed by atoms with Crippen molar-refractivity contribution in [3.63, 3.8) is 0 Å². The highest BCUT2D eigenvalue weighted by atomic mass is 79.9. The lowest BCUT2D eigenvalue weighted by Gasteiger charge is -2.09. The predicted octanol–water partition coefficient (Wildman–Crippen LogP) is 2.76. The van der Waals surface area contributed by atoms with Crippen molar-refractivity contribution in [1.29, 1.82) is 0 Å². The minimum Gasteiger partial charge on any atom is -0.508 e. The lowest BCUT2D eigenvalue weighted by atomic mass is 10.1. The van der Waals surface area contributed by atoms with E-state index in [9.17, 15) is 14.7 Å². The average molecular weight is 377 g/mol. The Morgan fingerprint density at radius 3 is 2.43 bits per heavy atom. The number of nitrogens with one attached hydrogen (secondary N) is 2. The SMILES string of the molecule is Cc1ccc(NC(=O)C(=O)NCCc2ccc(O)cc2)c(Br)c1. The van der Waals surface area contributed by atoms with Gasteiger partial charge in [0, 0.05) is 11.0 Å². The molecule has 0 saturated heterocycles. The van der Waals surface area contributed by atoms with Crippen LogP contribution in [0.1, 0.15) is 11.1 Å². The average Bonchev–Trinajstić information content (AvgIpc) is 2.51. The highest BCUT2D eigenvalue weighted by Gasteiger charge is 2.14. The predicted molar refractivity (Wildman–Crippen MR) is 92.3 cm³/mol. The molecule has 0 spiro atoms. The summed E-state index contributed by atoms with van der Waals surface area (Å²) >= 11 is 3.35. The molecule has 0 radical (unpaired) electrons. The van der Waals surface area contributed by atoms with E-state index in [0.717, 1.165) is 15.6 Å². The van der Waals surface area contributed by atoms with Crippen molar-refractivity contribution in [1.82, 2.24) is 5.32 Å². The zero-order valence-corrected chi connectivity index (χ0v) is 14.2. The van der Waals surface area contributed by atoms with Crippen molar-refractivity contribution < 1.29 is 14.7 Å². The molecule has 0 fully saturated rings. The third-order valence-corrected chi connectivity index (χ3v) is 3.87. The number of hydrogen-bond acceptors (Lipinski definition) is 3. The first-order valence-corrected chi connectivity index (χ1v) is 7.88. The van der Waals surface area contributed by atoms with Crippen LogP contribution in [-0.4, -0.2) is 23.5 Å². The fraction of sp³-hybridized carbons (Fsp3) is 0.176. The number of amides is 2. The number of carbonyl (C=O) groups is 2. The van der Waals surface area contributed by atoms with Gasteiger partial charge in [-0.05, 0) is 64.7 Å². The Morgan fingerprint density at radius 2 is 1.78 bits per heavy atom. The summed E-state index contributed by atoms with van der Waals surface area (Å²) in [6, 6.07) is 12.1. The first-order chi connectivity index (χ1) is 11.0. The van der Waals surface area contributed by atoms with E-state index in [0.29, 0.717) is 18.7 Å². The molecule has 23 heavy (non-hydrogen) atoms. The molecule has 0 unspecified atom stereocenters. The van der Waals surface area contributed by atoms with Gasteiger partial charge in [0.25, 0.3) is 0 Å². The molecule has 0 aliphatic rings. The first-order valence-electron chi connectivity index (χ1n) is 7.09. The second-order valence-corrected chi connectivity index (χ2v) is 5.96. The topological polar surface area (TPSA) is 78.4 Å². The van der Waals surface area contributed by atoms with E-state index in [1.807, 2.05) is 19.1 Å². The van der Waals surface area contributed by atoms with Crippen LogP contribution in [0, 0.1) is 6.92 Å². The number of benzene rings is 2. The molecule has 0 aliphatic heterocycles. The standard InChI is InChI=1S/C17H17BrN2O3/c1-11-2-7-15(14(18)10-11)20-17(23)16(22)19-9-8-12-3-5-13(21)6-4-12/h2-7,10,21H,8-9H2,1H3,(H,19,22)(H,20,23). The molecule has 2 amide bonds. The van der Waals surface area contributed by atoms with Crippen molar-refractivity contribution in [3.8, 4) is 5.75 Å². The summed E-state index contributed by atoms with van der Waals surface area (Å²) in [4.78, 5) is 23.7. The van der Waals surface area contributed by atoms with Gasteiger partial charge in [-0.2, -0.15) is 0 Å². The zero-order chi connectivity index (χ0) is 16.8. The van der Waals surface area contributed by atoms with E-state index in [4.69, 9.17) is 0 Å². The van der Waals surface area contributed by atoms with Gasteiger partial charge in [-0.25, -0.2) is 0 Å². The van der Waals surface area contributed by atoms with E-state index in [-0.39, 0.29) is 5.75 Å². The molecule has 2 aromatic rings. The fourth-order valence-corrected chi connectivity index (χ4v) is 2.56. The molecule has 0 heterocycles. The van der Waals surface area contributed by atoms with Crippen molar-refractivity contribution in [3.05, 3.63) is 58.1 Å². The van der Waals surface area contributed by atoms with Gasteiger partial charge in [0.2, 0.25) is 0 Å². The maximum Gasteiger partial charge on any atom is 0.313 e. The number of phenols is 1. The van der Waals surface area contributed by atoms with Crippen LogP contribution in [0.25, 0.3) is 0 Å². The monoisotopic (exact) mass is 376 g/mol. The Kier molecular flexibility index (Phi) is 5.76. The van der Waals surface area contributed by atoms with E-state index in [1.165, 1.54) is 0 Å². The number of aromatic hydroxyl groups is 1. The van der Waals surface area contributed by atoms with Crippen LogP contribution in [0.3, 0.4) is 0 Å². The van der Waals surface area contributed by atoms with E-state index >= 15 is 0 Å². The second kappa shape index (κ2) is 7.78. The van der Waals surface area contributed by atoms with Crippen molar-refractivity contribution >= 4 is 33.4 Å². The van der Waals surface area contributed by atoms with Gasteiger partial charge in [0.1, 0.15) is 5.75 Å². The molecule has 120 valence electrons. The van der Waals surface area contributed by atoms with Crippen LogP contribution in [0.5, 0.6) is 5.75 Å². The molecule has 0 bridgehead atoms. The normalized spacial score (nSPS) is 10.2. The maximum absolute atomic E-state index is 11.9. The van der Waals surface area contributed by atoms with Crippen LogP contribution in [0.15, 0.2) is 46.9 Å². The summed E-state index contributed by atoms with van der Waals surface area (Å²) < 4.78 is 0.725. The van der Waals surface area contributed by atoms with Gasteiger partial charge in [-0.3, -0.25) is 9.59 Å². The Bertz CT molecular complexity index is 714. The summed E-state index contributed by atoms with van der Waals surface area (Å²) in [5.74, 6) is -1.20. The number of anilines is 1. The van der Waals surface area contributed by atoms with Crippen LogP contribution < -0.4 is 10.6 Å². The van der Waals surface area contributed by atoms with E-state index in [2.05, 4.69) is 26.6 Å². The largest absolute Gasteiger partial charge is 0.508 e. The number of carbonyl (C=O) groups excluding carboxylic acids is 2. The molecule has 2 aromatic carbocycles. The minimum absolute atomic E-state index is 0.195. The number of halogens is 1. The zero-order valence-electron chi connectivity index (χ0n) is 12.6. The number of phenolic OH excluding ortho intramolecular Hbond substituents is 1. The molecular formula is C17H17BrN2O3. The minimum atomic E-state index is -0.708. The lowest BCUT2D eigenvalue weighted by Crippen LogP contribution is -2.36. The Hall–Kier alpha value is -2.34. The maximum atomic E-state index is 11.9. The Balaban J connectivity index is 1.83. The highest BCUT2D eigenvalue weighted by molar-refractivity contribution is 9.10. The van der Waals surface area contributed by atoms with Crippen LogP contribution in [0.4, 0.5) is 5.69 Å². The molecule has 6 heteroatoms. The van der Waals surface area contributed by atoms with Crippen LogP contribution in [-0.2, 0) is 16.0 Å². The summed E-state index contributed by atoms with van der Waals surface area (Å²) in [5.41, 5.74) is 2.56. The van der Waals surface area contributed by atoms with Crippen LogP contribution >= 0.6 is 15.9 Å². The van der Waals surface area contributed by atoms with Crippen LogP contribution in [0.2, 0.25) is 0 Å². The highest BCUT2D eigenvalue weighted by Crippen LogP contribution is 2.23. The Morgan fingerprint density at radius 1 is 1.09 bits per heavy atom. The molecule has 0 aliphatic carbocycles. The van der Waals surface area contributed by atoms with Gasteiger partial charge in [-0.15, -0.1) is 0 Å². The molecule has 0 saturated carbocycles. The van der Waals surface area contributed by atoms with Gasteiger partial charge < -0.3 is 15.7 Å². The molecular weight excluding hydrogens is 360 g/mol. The number of rotatable bonds is 4. The fourth-order valence-electron chi connectivity index (χ4n) is 1.96. The summed E-state index contributed by atoms with van der Waals surface area (Å²) in [6.07, 6.45) is 0.577. The quantitative estimate of drug-likeness (QED) is 0.717. The second-order valence-electron chi connectivity index (χ2n) is 5.11. The third kappa shape index (κ3) is 5.10. The summed E-state index contributed by atoms with van der Waals surface area (Å²) in [5, 5.41) is 14.3. The molecule has 0 aromatic heterocycles. The van der Waals surface area contributed by atoms with Crippen molar-refractivity contribution in [2.75, 3.05) is 11.9 Å². The van der Waals surface area contributed by atoms with Crippen molar-refractivity contribution in [2.24, 2.45) is 0 Å². The van der Waals surface area contributed by atoms with Crippen molar-refractivity contribution in [2.45, 2.75) is 13.3 Å². The van der Waals surface area contributed by atoms with Gasteiger partial charge >= 0.3 is 11.8 Å². The van der Waals surface area contributed by atoms with E-state index < -0.39 is 11.8 Å². The number of aryl methyl sites for hydroxylation is 1. The molecule has 2 rings (SSSR count). The third-order valence-electron chi connectivity index (χ3n) is 3.21. The summed E-state index contributed by atoms with van der Waals surface area (Å²) in [6.45, 7) is 2.28. The van der Waals surface area contributed by atoms with Gasteiger partial charge in [-0.1, -0.05) is 18.2 Å². The van der Waals surface area contributed by atoms with E-state index in [1.54, 1.807) is 30.3 Å². The molecule has 5 nitrogen and oxygen atoms in total. The van der Waals surface area contributed by atoms with Gasteiger partial charge in [0.15, 0.2) is 0 Å². The molecule has 0 atom stereocenters. The van der Waals surface area contributed by atoms with Gasteiger partial charge in [0.05, 0.1) is 5.69 Å². The lowest BCUT2D eigenvalue weighted by molar-refractivity contribution is -0.136. The molecule has 3 N–H and O–H groups in total. The summed E-state index contributed by atoms with van der Waals surface area (Å²) in [7, 11) is 0. The Labute approximate surface area is 142 Å².